The Kier molecular flexibility index (Phi) is 19.3. The molecule has 312 valence electrons. The number of aliphatic hydroxyl groups excluding tert-OH is 4. The first kappa shape index (κ1) is 46.9. The van der Waals surface area contributed by atoms with Crippen LogP contribution in [0.4, 0.5) is 0 Å². The van der Waals surface area contributed by atoms with Gasteiger partial charge in [0.25, 0.3) is 0 Å². The second-order valence-electron chi connectivity index (χ2n) is 13.4. The van der Waals surface area contributed by atoms with E-state index in [2.05, 4.69) is 26.6 Å². The highest BCUT2D eigenvalue weighted by atomic mass is 16.4. The van der Waals surface area contributed by atoms with E-state index in [0.29, 0.717) is 5.56 Å². The zero-order valence-electron chi connectivity index (χ0n) is 31.6. The van der Waals surface area contributed by atoms with Gasteiger partial charge in [-0.1, -0.05) is 30.3 Å². The molecule has 7 amide bonds. The molecule has 1 unspecified atom stereocenters. The van der Waals surface area contributed by atoms with Crippen molar-refractivity contribution in [1.82, 2.24) is 36.4 Å². The number of amides is 7. The van der Waals surface area contributed by atoms with Crippen molar-refractivity contribution >= 4 is 47.3 Å². The molecule has 1 aliphatic rings. The summed E-state index contributed by atoms with van der Waals surface area (Å²) in [7, 11) is 2.28. The van der Waals surface area contributed by atoms with Gasteiger partial charge in [-0.05, 0) is 38.2 Å². The Morgan fingerprint density at radius 3 is 2.20 bits per heavy atom. The maximum Gasteiger partial charge on any atom is 0.326 e. The summed E-state index contributed by atoms with van der Waals surface area (Å²) in [6.07, 6.45) is -1.93. The highest BCUT2D eigenvalue weighted by Crippen LogP contribution is 2.13. The molecule has 2 rings (SSSR count). The Morgan fingerprint density at radius 1 is 0.964 bits per heavy atom. The lowest BCUT2D eigenvalue weighted by molar-refractivity contribution is -0.147. The van der Waals surface area contributed by atoms with E-state index < -0.39 is 116 Å². The average Bonchev–Trinajstić information content (AvgIpc) is 3.16. The van der Waals surface area contributed by atoms with Gasteiger partial charge < -0.3 is 67.7 Å². The van der Waals surface area contributed by atoms with Crippen molar-refractivity contribution in [3.8, 4) is 0 Å². The maximum atomic E-state index is 13.8. The van der Waals surface area contributed by atoms with Gasteiger partial charge in [-0.3, -0.25) is 33.6 Å². The molecule has 0 aliphatic carbocycles. The minimum Gasteiger partial charge on any atom is -0.480 e. The van der Waals surface area contributed by atoms with E-state index in [0.717, 1.165) is 30.8 Å². The molecule has 12 N–H and O–H groups in total. The highest BCUT2D eigenvalue weighted by molar-refractivity contribution is 5.97. The number of aliphatic hydroxyl groups is 4. The number of carbonyl (C=O) groups excluding carboxylic acids is 7. The van der Waals surface area contributed by atoms with Crippen molar-refractivity contribution < 1.29 is 63.9 Å². The second kappa shape index (κ2) is 23.0. The summed E-state index contributed by atoms with van der Waals surface area (Å²) >= 11 is 0. The lowest BCUT2D eigenvalue weighted by Gasteiger charge is -2.34. The lowest BCUT2D eigenvalue weighted by Crippen LogP contribution is -2.62. The van der Waals surface area contributed by atoms with Crippen LogP contribution in [0.25, 0.3) is 0 Å². The smallest absolute Gasteiger partial charge is 0.326 e. The molecule has 1 aromatic carbocycles. The minimum atomic E-state index is -1.74. The summed E-state index contributed by atoms with van der Waals surface area (Å²) in [5, 5.41) is 61.8. The number of carbonyl (C=O) groups is 8. The molecule has 21 nitrogen and oxygen atoms in total. The molecule has 8 atom stereocenters. The van der Waals surface area contributed by atoms with Crippen molar-refractivity contribution in [3.63, 3.8) is 0 Å². The van der Waals surface area contributed by atoms with Crippen LogP contribution in [0.5, 0.6) is 0 Å². The number of carboxylic acids is 1. The number of nitrogens with two attached hydrogens (primary N) is 1. The van der Waals surface area contributed by atoms with Gasteiger partial charge >= 0.3 is 5.97 Å². The number of hydrogen-bond acceptors (Lipinski definition) is 13. The SMILES string of the molecule is CC(O)[C@H]1C(=O)N[C@@H](CO)C(=O)N[C@H](C(=O)N(C)[C@@H](CO)C(=O)N[C@@H](Cc2ccccc2)C(=O)O)CCCCNC(=O)CC[C@H](NC(=O)[C@@H](N)CO)C(=O)N1C. The predicted molar refractivity (Wildman–Crippen MR) is 196 cm³/mol. The molecular formula is C35H54N8O13. The van der Waals surface area contributed by atoms with E-state index >= 15 is 0 Å². The second-order valence-corrected chi connectivity index (χ2v) is 13.4. The largest absolute Gasteiger partial charge is 0.480 e. The molecule has 0 bridgehead atoms. The van der Waals surface area contributed by atoms with Crippen LogP contribution in [-0.4, -0.2) is 172 Å². The predicted octanol–water partition coefficient (Wildman–Crippen LogP) is -5.33. The van der Waals surface area contributed by atoms with Crippen LogP contribution < -0.4 is 32.3 Å². The van der Waals surface area contributed by atoms with Crippen LogP contribution >= 0.6 is 0 Å². The van der Waals surface area contributed by atoms with E-state index in [9.17, 15) is 63.9 Å². The molecule has 1 aliphatic heterocycles. The number of likely N-dealkylation sites (N-methyl/N-ethyl adjacent to an activating group) is 2. The van der Waals surface area contributed by atoms with Gasteiger partial charge in [0.1, 0.15) is 42.3 Å². The third-order valence-corrected chi connectivity index (χ3v) is 9.16. The van der Waals surface area contributed by atoms with E-state index in [1.54, 1.807) is 30.3 Å². The first-order valence-electron chi connectivity index (χ1n) is 18.0. The van der Waals surface area contributed by atoms with Gasteiger partial charge in [-0.15, -0.1) is 0 Å². The molecule has 21 heteroatoms. The normalized spacial score (nSPS) is 22.8. The Labute approximate surface area is 323 Å². The first-order chi connectivity index (χ1) is 26.5. The molecule has 1 heterocycles. The number of benzene rings is 1. The van der Waals surface area contributed by atoms with E-state index in [4.69, 9.17) is 5.73 Å². The molecular weight excluding hydrogens is 740 g/mol. The maximum absolute atomic E-state index is 13.8. The fourth-order valence-corrected chi connectivity index (χ4v) is 5.86. The summed E-state index contributed by atoms with van der Waals surface area (Å²) in [5.74, 6) is -7.86. The zero-order valence-corrected chi connectivity index (χ0v) is 31.6. The average molecular weight is 795 g/mol. The Hall–Kier alpha value is -5.22. The monoisotopic (exact) mass is 794 g/mol. The fraction of sp³-hybridized carbons (Fsp3) is 0.600. The van der Waals surface area contributed by atoms with Crippen LogP contribution in [0, 0.1) is 0 Å². The van der Waals surface area contributed by atoms with Gasteiger partial charge in [0.05, 0.1) is 25.9 Å². The van der Waals surface area contributed by atoms with E-state index in [1.165, 1.54) is 0 Å². The molecule has 56 heavy (non-hydrogen) atoms. The molecule has 0 aromatic heterocycles. The summed E-state index contributed by atoms with van der Waals surface area (Å²) in [6.45, 7) is -1.46. The molecule has 1 saturated heterocycles. The van der Waals surface area contributed by atoms with Crippen LogP contribution in [0.3, 0.4) is 0 Å². The molecule has 0 radical (unpaired) electrons. The number of nitrogens with one attached hydrogen (secondary N) is 5. The number of rotatable bonds is 13. The summed E-state index contributed by atoms with van der Waals surface area (Å²) in [6, 6.07) is -2.33. The van der Waals surface area contributed by atoms with Crippen molar-refractivity contribution in [3.05, 3.63) is 35.9 Å². The minimum absolute atomic E-state index is 0.0723. The highest BCUT2D eigenvalue weighted by Gasteiger charge is 2.39. The van der Waals surface area contributed by atoms with Gasteiger partial charge in [-0.2, -0.15) is 0 Å². The zero-order chi connectivity index (χ0) is 42.1. The third kappa shape index (κ3) is 13.8. The van der Waals surface area contributed by atoms with Gasteiger partial charge in [0.2, 0.25) is 41.4 Å². The van der Waals surface area contributed by atoms with E-state index in [-0.39, 0.29) is 45.1 Å². The standard InChI is InChI=1S/C35H54N8O13/c1-19(47)28-32(52)41-25(17-45)30(50)39-22(11-7-8-14-37-27(48)13-12-23(34(54)43(28)3)38-29(49)21(36)16-44)33(53)42(2)26(18-46)31(51)40-24(35(55)56)15-20-9-5-4-6-10-20/h4-6,9-10,19,21-26,28,44-47H,7-8,11-18,36H2,1-3H3,(H,37,48)(H,38,49)(H,39,50)(H,40,51)(H,41,52)(H,55,56)/t19?,21-,22-,23-,24-,25-,26-,28-/m0/s1. The number of aliphatic carboxylic acids is 1. The summed E-state index contributed by atoms with van der Waals surface area (Å²) in [4.78, 5) is 106. The van der Waals surface area contributed by atoms with Crippen LogP contribution in [-0.2, 0) is 44.8 Å². The van der Waals surface area contributed by atoms with Crippen molar-refractivity contribution in [2.45, 2.75) is 93.8 Å². The van der Waals surface area contributed by atoms with Crippen LogP contribution in [0.15, 0.2) is 30.3 Å². The van der Waals surface area contributed by atoms with Crippen LogP contribution in [0.2, 0.25) is 0 Å². The number of hydrogen-bond donors (Lipinski definition) is 11. The lowest BCUT2D eigenvalue weighted by atomic mass is 10.0. The van der Waals surface area contributed by atoms with Gasteiger partial charge in [0.15, 0.2) is 0 Å². The Balaban J connectivity index is 2.37. The van der Waals surface area contributed by atoms with Gasteiger partial charge in [-0.25, -0.2) is 4.79 Å². The first-order valence-corrected chi connectivity index (χ1v) is 18.0. The van der Waals surface area contributed by atoms with Crippen molar-refractivity contribution in [1.29, 1.82) is 0 Å². The Bertz CT molecular complexity index is 1530. The number of carboxylic acid groups (broad SMARTS) is 1. The van der Waals surface area contributed by atoms with Crippen molar-refractivity contribution in [2.75, 3.05) is 40.5 Å². The molecule has 0 saturated carbocycles. The quantitative estimate of drug-likeness (QED) is 0.0889. The molecule has 1 aromatic rings. The fourth-order valence-electron chi connectivity index (χ4n) is 5.86. The van der Waals surface area contributed by atoms with Crippen LogP contribution in [0.1, 0.15) is 44.6 Å². The number of nitrogens with zero attached hydrogens (tertiary/aromatic N) is 2. The summed E-state index contributed by atoms with van der Waals surface area (Å²) < 4.78 is 0. The van der Waals surface area contributed by atoms with Crippen molar-refractivity contribution in [2.24, 2.45) is 5.73 Å². The van der Waals surface area contributed by atoms with E-state index in [1.807, 2.05) is 0 Å². The molecule has 1 fully saturated rings. The third-order valence-electron chi connectivity index (χ3n) is 9.16. The topological polar surface area (TPSA) is 330 Å². The van der Waals surface area contributed by atoms with Gasteiger partial charge in [0, 0.05) is 33.5 Å². The Morgan fingerprint density at radius 2 is 1.62 bits per heavy atom. The summed E-state index contributed by atoms with van der Waals surface area (Å²) in [5.41, 5.74) is 6.18. The molecule has 0 spiro atoms.